The predicted molar refractivity (Wildman–Crippen MR) is 65.2 cm³/mol. The standard InChI is InChI=1S/C12H21ClN2/c1-10(8-13)9-15-7-3-5-12(15)11-4-2-6-14-11/h8,11-12,14H,2-7,9H2,1H3. The Morgan fingerprint density at radius 1 is 1.47 bits per heavy atom. The zero-order valence-corrected chi connectivity index (χ0v) is 10.3. The number of likely N-dealkylation sites (tertiary alicyclic amines) is 1. The van der Waals surface area contributed by atoms with Gasteiger partial charge in [-0.3, -0.25) is 4.90 Å². The van der Waals surface area contributed by atoms with Crippen molar-refractivity contribution in [3.63, 3.8) is 0 Å². The van der Waals surface area contributed by atoms with E-state index in [1.54, 1.807) is 5.54 Å². The molecule has 0 bridgehead atoms. The Labute approximate surface area is 97.7 Å². The van der Waals surface area contributed by atoms with Gasteiger partial charge < -0.3 is 5.32 Å². The predicted octanol–water partition coefficient (Wildman–Crippen LogP) is 2.35. The summed E-state index contributed by atoms with van der Waals surface area (Å²) in [5.74, 6) is 0. The van der Waals surface area contributed by atoms with Crippen molar-refractivity contribution in [1.29, 1.82) is 0 Å². The van der Waals surface area contributed by atoms with Gasteiger partial charge in [0.2, 0.25) is 0 Å². The fourth-order valence-corrected chi connectivity index (χ4v) is 2.97. The maximum Gasteiger partial charge on any atom is 0.0253 e. The lowest BCUT2D eigenvalue weighted by atomic mass is 10.0. The lowest BCUT2D eigenvalue weighted by Gasteiger charge is -2.29. The molecular weight excluding hydrogens is 208 g/mol. The number of nitrogens with one attached hydrogen (secondary N) is 1. The van der Waals surface area contributed by atoms with E-state index in [9.17, 15) is 0 Å². The van der Waals surface area contributed by atoms with Gasteiger partial charge in [-0.05, 0) is 51.3 Å². The number of rotatable bonds is 3. The third-order valence-corrected chi connectivity index (χ3v) is 3.99. The molecule has 1 N–H and O–H groups in total. The van der Waals surface area contributed by atoms with Crippen LogP contribution in [0.25, 0.3) is 0 Å². The average molecular weight is 229 g/mol. The van der Waals surface area contributed by atoms with Crippen LogP contribution in [0.3, 0.4) is 0 Å². The van der Waals surface area contributed by atoms with E-state index in [0.717, 1.165) is 18.6 Å². The fourth-order valence-electron chi connectivity index (χ4n) is 2.90. The molecule has 2 heterocycles. The first kappa shape index (κ1) is 11.4. The topological polar surface area (TPSA) is 15.3 Å². The van der Waals surface area contributed by atoms with Crippen molar-refractivity contribution < 1.29 is 0 Å². The van der Waals surface area contributed by atoms with E-state index in [4.69, 9.17) is 11.6 Å². The Morgan fingerprint density at radius 3 is 3.00 bits per heavy atom. The highest BCUT2D eigenvalue weighted by molar-refractivity contribution is 6.25. The number of hydrogen-bond acceptors (Lipinski definition) is 2. The fraction of sp³-hybridized carbons (Fsp3) is 0.833. The van der Waals surface area contributed by atoms with Crippen LogP contribution in [0.15, 0.2) is 11.1 Å². The summed E-state index contributed by atoms with van der Waals surface area (Å²) < 4.78 is 0. The van der Waals surface area contributed by atoms with Crippen molar-refractivity contribution in [2.24, 2.45) is 0 Å². The second-order valence-electron chi connectivity index (χ2n) is 4.84. The van der Waals surface area contributed by atoms with E-state index < -0.39 is 0 Å². The van der Waals surface area contributed by atoms with Crippen LogP contribution >= 0.6 is 11.6 Å². The summed E-state index contributed by atoms with van der Waals surface area (Å²) in [6.07, 6.45) is 5.40. The minimum absolute atomic E-state index is 0.732. The zero-order valence-electron chi connectivity index (χ0n) is 9.51. The lowest BCUT2D eigenvalue weighted by Crippen LogP contribution is -2.44. The van der Waals surface area contributed by atoms with E-state index >= 15 is 0 Å². The van der Waals surface area contributed by atoms with Gasteiger partial charge in [0.25, 0.3) is 0 Å². The molecule has 2 rings (SSSR count). The Kier molecular flexibility index (Phi) is 4.06. The molecule has 0 aromatic carbocycles. The summed E-state index contributed by atoms with van der Waals surface area (Å²) in [5, 5.41) is 3.63. The molecule has 3 heteroatoms. The first-order valence-corrected chi connectivity index (χ1v) is 6.48. The average Bonchev–Trinajstić information content (AvgIpc) is 2.86. The lowest BCUT2D eigenvalue weighted by molar-refractivity contribution is 0.230. The Morgan fingerprint density at radius 2 is 2.33 bits per heavy atom. The highest BCUT2D eigenvalue weighted by Crippen LogP contribution is 2.25. The van der Waals surface area contributed by atoms with Gasteiger partial charge in [0, 0.05) is 24.2 Å². The van der Waals surface area contributed by atoms with Crippen LogP contribution in [0.4, 0.5) is 0 Å². The third-order valence-electron chi connectivity index (χ3n) is 3.62. The molecule has 0 radical (unpaired) electrons. The molecule has 2 aliphatic rings. The molecule has 0 aromatic heterocycles. The van der Waals surface area contributed by atoms with Crippen molar-refractivity contribution in [2.45, 2.75) is 44.7 Å². The quantitative estimate of drug-likeness (QED) is 0.798. The van der Waals surface area contributed by atoms with Crippen molar-refractivity contribution in [3.8, 4) is 0 Å². The highest BCUT2D eigenvalue weighted by Gasteiger charge is 2.32. The van der Waals surface area contributed by atoms with Gasteiger partial charge >= 0.3 is 0 Å². The van der Waals surface area contributed by atoms with Gasteiger partial charge in [0.15, 0.2) is 0 Å². The van der Waals surface area contributed by atoms with Crippen LogP contribution in [0.1, 0.15) is 32.6 Å². The SMILES string of the molecule is CC(=CCl)CN1CCCC1C1CCCN1. The second-order valence-corrected chi connectivity index (χ2v) is 5.06. The van der Waals surface area contributed by atoms with Crippen LogP contribution < -0.4 is 5.32 Å². The van der Waals surface area contributed by atoms with Crippen molar-refractivity contribution in [1.82, 2.24) is 10.2 Å². The smallest absolute Gasteiger partial charge is 0.0253 e. The van der Waals surface area contributed by atoms with Crippen LogP contribution in [-0.4, -0.2) is 36.6 Å². The summed E-state index contributed by atoms with van der Waals surface area (Å²) >= 11 is 5.73. The number of hydrogen-bond donors (Lipinski definition) is 1. The monoisotopic (exact) mass is 228 g/mol. The zero-order chi connectivity index (χ0) is 10.7. The highest BCUT2D eigenvalue weighted by atomic mass is 35.5. The van der Waals surface area contributed by atoms with E-state index in [0.29, 0.717) is 0 Å². The molecule has 0 aromatic rings. The molecule has 2 unspecified atom stereocenters. The maximum atomic E-state index is 5.73. The molecule has 2 fully saturated rings. The van der Waals surface area contributed by atoms with Crippen LogP contribution in [0.2, 0.25) is 0 Å². The first-order chi connectivity index (χ1) is 7.31. The van der Waals surface area contributed by atoms with Gasteiger partial charge in [-0.25, -0.2) is 0 Å². The third kappa shape index (κ3) is 2.74. The van der Waals surface area contributed by atoms with Gasteiger partial charge in [-0.15, -0.1) is 0 Å². The van der Waals surface area contributed by atoms with Crippen LogP contribution in [0, 0.1) is 0 Å². The summed E-state index contributed by atoms with van der Waals surface area (Å²) in [4.78, 5) is 2.59. The molecule has 0 saturated carbocycles. The van der Waals surface area contributed by atoms with Crippen molar-refractivity contribution in [2.75, 3.05) is 19.6 Å². The molecule has 2 saturated heterocycles. The molecular formula is C12H21ClN2. The minimum Gasteiger partial charge on any atom is -0.312 e. The van der Waals surface area contributed by atoms with Gasteiger partial charge in [-0.1, -0.05) is 11.6 Å². The molecule has 15 heavy (non-hydrogen) atoms. The summed E-state index contributed by atoms with van der Waals surface area (Å²) in [6, 6.07) is 1.48. The molecule has 2 atom stereocenters. The first-order valence-electron chi connectivity index (χ1n) is 6.04. The molecule has 2 nitrogen and oxygen atoms in total. The summed E-state index contributed by atoms with van der Waals surface area (Å²) in [7, 11) is 0. The summed E-state index contributed by atoms with van der Waals surface area (Å²) in [6.45, 7) is 5.61. The van der Waals surface area contributed by atoms with Gasteiger partial charge in [-0.2, -0.15) is 0 Å². The Hall–Kier alpha value is -0.0500. The van der Waals surface area contributed by atoms with Crippen LogP contribution in [0.5, 0.6) is 0 Å². The molecule has 0 amide bonds. The largest absolute Gasteiger partial charge is 0.312 e. The van der Waals surface area contributed by atoms with Gasteiger partial charge in [0.05, 0.1) is 0 Å². The van der Waals surface area contributed by atoms with Crippen molar-refractivity contribution >= 4 is 11.6 Å². The summed E-state index contributed by atoms with van der Waals surface area (Å²) in [5.41, 5.74) is 3.00. The van der Waals surface area contributed by atoms with Gasteiger partial charge in [0.1, 0.15) is 0 Å². The second kappa shape index (κ2) is 5.33. The van der Waals surface area contributed by atoms with E-state index in [1.165, 1.54) is 44.3 Å². The number of halogens is 1. The number of nitrogens with zero attached hydrogens (tertiary/aromatic N) is 1. The van der Waals surface area contributed by atoms with Crippen molar-refractivity contribution in [3.05, 3.63) is 11.1 Å². The molecule has 2 aliphatic heterocycles. The molecule has 0 spiro atoms. The maximum absolute atomic E-state index is 5.73. The Bertz CT molecular complexity index is 234. The van der Waals surface area contributed by atoms with E-state index in [1.807, 2.05) is 0 Å². The van der Waals surface area contributed by atoms with Crippen LogP contribution in [-0.2, 0) is 0 Å². The Balaban J connectivity index is 1.92. The van der Waals surface area contributed by atoms with E-state index in [2.05, 4.69) is 17.1 Å². The normalized spacial score (nSPS) is 33.9. The molecule has 0 aliphatic carbocycles. The minimum atomic E-state index is 0.732. The van der Waals surface area contributed by atoms with E-state index in [-0.39, 0.29) is 0 Å². The molecule has 86 valence electrons.